The first kappa shape index (κ1) is 20.5. The van der Waals surface area contributed by atoms with Gasteiger partial charge in [0.25, 0.3) is 11.5 Å². The number of fused-ring (bicyclic) bond motifs is 1. The molecule has 0 spiro atoms. The van der Waals surface area contributed by atoms with Crippen LogP contribution in [0.1, 0.15) is 35.8 Å². The number of benzene rings is 1. The van der Waals surface area contributed by atoms with Gasteiger partial charge in [-0.05, 0) is 24.6 Å². The number of nitriles is 1. The number of hydrogen-bond donors (Lipinski definition) is 0. The van der Waals surface area contributed by atoms with Gasteiger partial charge in [0.2, 0.25) is 0 Å². The molecule has 0 saturated carbocycles. The zero-order valence-corrected chi connectivity index (χ0v) is 17.5. The van der Waals surface area contributed by atoms with Crippen LogP contribution in [0.25, 0.3) is 10.8 Å². The number of rotatable bonds is 5. The number of anilines is 1. The minimum atomic E-state index is -0.178. The Hall–Kier alpha value is -3.73. The summed E-state index contributed by atoms with van der Waals surface area (Å²) in [5, 5.41) is 14.9. The molecule has 0 bridgehead atoms. The zero-order valence-electron chi connectivity index (χ0n) is 17.5. The second kappa shape index (κ2) is 8.96. The van der Waals surface area contributed by atoms with Crippen LogP contribution in [0, 0.1) is 11.3 Å². The molecule has 0 aliphatic carbocycles. The quantitative estimate of drug-likeness (QED) is 0.634. The number of hydrogen-bond acceptors (Lipinski definition) is 6. The van der Waals surface area contributed by atoms with Gasteiger partial charge in [-0.1, -0.05) is 31.5 Å². The largest absolute Gasteiger partial charge is 0.352 e. The van der Waals surface area contributed by atoms with Crippen molar-refractivity contribution in [2.24, 2.45) is 0 Å². The summed E-state index contributed by atoms with van der Waals surface area (Å²) >= 11 is 0. The molecule has 1 fully saturated rings. The molecule has 1 aliphatic heterocycles. The van der Waals surface area contributed by atoms with E-state index in [-0.39, 0.29) is 11.5 Å². The number of carbonyl (C=O) groups excluding carboxylic acids is 1. The lowest BCUT2D eigenvalue weighted by atomic mass is 10.1. The fraction of sp³-hybridized carbons (Fsp3) is 0.348. The van der Waals surface area contributed by atoms with Gasteiger partial charge in [0, 0.05) is 44.3 Å². The van der Waals surface area contributed by atoms with E-state index in [0.717, 1.165) is 12.8 Å². The lowest BCUT2D eigenvalue weighted by Gasteiger charge is -2.35. The van der Waals surface area contributed by atoms with Gasteiger partial charge in [-0.2, -0.15) is 10.4 Å². The molecule has 0 atom stereocenters. The van der Waals surface area contributed by atoms with E-state index in [9.17, 15) is 14.9 Å². The molecule has 0 radical (unpaired) electrons. The van der Waals surface area contributed by atoms with Gasteiger partial charge in [-0.25, -0.2) is 9.67 Å². The average molecular weight is 416 g/mol. The first-order chi connectivity index (χ1) is 15.1. The van der Waals surface area contributed by atoms with Gasteiger partial charge in [-0.15, -0.1) is 0 Å². The van der Waals surface area contributed by atoms with Crippen LogP contribution in [0.15, 0.2) is 47.4 Å². The van der Waals surface area contributed by atoms with Crippen molar-refractivity contribution in [2.45, 2.75) is 26.3 Å². The summed E-state index contributed by atoms with van der Waals surface area (Å²) in [7, 11) is 0. The van der Waals surface area contributed by atoms with Crippen molar-refractivity contribution in [1.82, 2.24) is 19.7 Å². The number of nitrogens with zero attached hydrogens (tertiary/aromatic N) is 6. The monoisotopic (exact) mass is 416 g/mol. The van der Waals surface area contributed by atoms with E-state index in [1.165, 1.54) is 4.68 Å². The van der Waals surface area contributed by atoms with Crippen LogP contribution in [0.3, 0.4) is 0 Å². The average Bonchev–Trinajstić information content (AvgIpc) is 2.83. The van der Waals surface area contributed by atoms with Crippen molar-refractivity contribution in [2.75, 3.05) is 31.1 Å². The van der Waals surface area contributed by atoms with Gasteiger partial charge >= 0.3 is 0 Å². The van der Waals surface area contributed by atoms with E-state index in [1.807, 2.05) is 11.0 Å². The maximum absolute atomic E-state index is 13.4. The van der Waals surface area contributed by atoms with E-state index in [0.29, 0.717) is 60.6 Å². The summed E-state index contributed by atoms with van der Waals surface area (Å²) in [6.45, 7) is 4.67. The molecule has 0 N–H and O–H groups in total. The highest BCUT2D eigenvalue weighted by atomic mass is 16.2. The molecule has 8 nitrogen and oxygen atoms in total. The predicted molar refractivity (Wildman–Crippen MR) is 118 cm³/mol. The Kier molecular flexibility index (Phi) is 5.94. The molecular formula is C23H24N6O2. The first-order valence-electron chi connectivity index (χ1n) is 10.5. The van der Waals surface area contributed by atoms with Gasteiger partial charge < -0.3 is 9.80 Å². The predicted octanol–water partition coefficient (Wildman–Crippen LogP) is 2.43. The van der Waals surface area contributed by atoms with E-state index >= 15 is 0 Å². The van der Waals surface area contributed by atoms with Crippen molar-refractivity contribution in [3.8, 4) is 6.07 Å². The smallest absolute Gasteiger partial charge is 0.275 e. The third-order valence-corrected chi connectivity index (χ3v) is 5.57. The molecule has 1 amide bonds. The van der Waals surface area contributed by atoms with E-state index < -0.39 is 0 Å². The van der Waals surface area contributed by atoms with Gasteiger partial charge in [0.15, 0.2) is 5.69 Å². The SMILES string of the molecule is CCCCn1nc(C(=O)N2CCN(c3ncccc3C#N)CC2)c2ccccc2c1=O. The van der Waals surface area contributed by atoms with Crippen molar-refractivity contribution in [1.29, 1.82) is 5.26 Å². The van der Waals surface area contributed by atoms with Crippen molar-refractivity contribution in [3.05, 3.63) is 64.2 Å². The molecule has 3 aromatic rings. The van der Waals surface area contributed by atoms with E-state index in [2.05, 4.69) is 23.1 Å². The molecule has 2 aromatic heterocycles. The molecular weight excluding hydrogens is 392 g/mol. The highest BCUT2D eigenvalue weighted by molar-refractivity contribution is 6.04. The van der Waals surface area contributed by atoms with Crippen LogP contribution < -0.4 is 10.5 Å². The standard InChI is InChI=1S/C23H24N6O2/c1-2-3-11-29-22(30)19-9-5-4-8-18(19)20(26-29)23(31)28-14-12-27(13-15-28)21-17(16-24)7-6-10-25-21/h4-10H,2-3,11-15H2,1H3. The summed E-state index contributed by atoms with van der Waals surface area (Å²) in [6.07, 6.45) is 3.43. The Bertz CT molecular complexity index is 1200. The maximum Gasteiger partial charge on any atom is 0.275 e. The number of aromatic nitrogens is 3. The Morgan fingerprint density at radius 2 is 1.84 bits per heavy atom. The second-order valence-corrected chi connectivity index (χ2v) is 7.54. The van der Waals surface area contributed by atoms with Crippen LogP contribution in [0.5, 0.6) is 0 Å². The Labute approximate surface area is 180 Å². The maximum atomic E-state index is 13.4. The highest BCUT2D eigenvalue weighted by Crippen LogP contribution is 2.20. The van der Waals surface area contributed by atoms with Crippen LogP contribution in [-0.2, 0) is 6.54 Å². The topological polar surface area (TPSA) is 95.1 Å². The Morgan fingerprint density at radius 1 is 1.10 bits per heavy atom. The molecule has 4 rings (SSSR count). The number of piperazine rings is 1. The minimum absolute atomic E-state index is 0.162. The van der Waals surface area contributed by atoms with Crippen molar-refractivity contribution >= 4 is 22.5 Å². The van der Waals surface area contributed by atoms with Crippen LogP contribution in [0.2, 0.25) is 0 Å². The summed E-state index contributed by atoms with van der Waals surface area (Å²) < 4.78 is 1.42. The third-order valence-electron chi connectivity index (χ3n) is 5.57. The van der Waals surface area contributed by atoms with Crippen molar-refractivity contribution < 1.29 is 4.79 Å². The Balaban J connectivity index is 1.60. The molecule has 0 unspecified atom stereocenters. The fourth-order valence-electron chi connectivity index (χ4n) is 3.86. The molecule has 1 aromatic carbocycles. The molecule has 1 saturated heterocycles. The lowest BCUT2D eigenvalue weighted by Crippen LogP contribution is -2.49. The summed E-state index contributed by atoms with van der Waals surface area (Å²) in [4.78, 5) is 34.3. The number of amides is 1. The summed E-state index contributed by atoms with van der Waals surface area (Å²) in [6, 6.07) is 12.8. The third kappa shape index (κ3) is 3.99. The van der Waals surface area contributed by atoms with Gasteiger partial charge in [0.05, 0.1) is 10.9 Å². The van der Waals surface area contributed by atoms with Crippen LogP contribution in [-0.4, -0.2) is 51.8 Å². The first-order valence-corrected chi connectivity index (χ1v) is 10.5. The van der Waals surface area contributed by atoms with Gasteiger partial charge in [0.1, 0.15) is 11.9 Å². The normalized spacial score (nSPS) is 13.9. The zero-order chi connectivity index (χ0) is 21.8. The number of aryl methyl sites for hydroxylation is 1. The number of unbranched alkanes of at least 4 members (excludes halogenated alkanes) is 1. The number of carbonyl (C=O) groups is 1. The van der Waals surface area contributed by atoms with E-state index in [4.69, 9.17) is 0 Å². The van der Waals surface area contributed by atoms with E-state index in [1.54, 1.807) is 41.4 Å². The molecule has 3 heterocycles. The lowest BCUT2D eigenvalue weighted by molar-refractivity contribution is 0.0740. The van der Waals surface area contributed by atoms with Crippen molar-refractivity contribution in [3.63, 3.8) is 0 Å². The molecule has 8 heteroatoms. The minimum Gasteiger partial charge on any atom is -0.352 e. The highest BCUT2D eigenvalue weighted by Gasteiger charge is 2.27. The van der Waals surface area contributed by atoms with Gasteiger partial charge in [-0.3, -0.25) is 9.59 Å². The Morgan fingerprint density at radius 3 is 2.55 bits per heavy atom. The second-order valence-electron chi connectivity index (χ2n) is 7.54. The number of pyridine rings is 1. The van der Waals surface area contributed by atoms with Crippen LogP contribution >= 0.6 is 0 Å². The summed E-state index contributed by atoms with van der Waals surface area (Å²) in [5.74, 6) is 0.469. The summed E-state index contributed by atoms with van der Waals surface area (Å²) in [5.41, 5.74) is 0.679. The fourth-order valence-corrected chi connectivity index (χ4v) is 3.86. The molecule has 31 heavy (non-hydrogen) atoms. The molecule has 158 valence electrons. The van der Waals surface area contributed by atoms with Crippen LogP contribution in [0.4, 0.5) is 5.82 Å². The molecule has 1 aliphatic rings.